The summed E-state index contributed by atoms with van der Waals surface area (Å²) in [6.45, 7) is 0. The van der Waals surface area contributed by atoms with Gasteiger partial charge < -0.3 is 26.3 Å². The molecule has 1 aliphatic rings. The van der Waals surface area contributed by atoms with Crippen LogP contribution in [0.25, 0.3) is 0 Å². The summed E-state index contributed by atoms with van der Waals surface area (Å²) in [6.07, 6.45) is 3.58. The highest BCUT2D eigenvalue weighted by Crippen LogP contribution is 2.40. The van der Waals surface area contributed by atoms with Gasteiger partial charge in [0.15, 0.2) is 5.69 Å². The number of hydrogen-bond donors (Lipinski definition) is 3. The third-order valence-corrected chi connectivity index (χ3v) is 7.27. The van der Waals surface area contributed by atoms with Crippen LogP contribution >= 0.6 is 11.5 Å². The van der Waals surface area contributed by atoms with Crippen LogP contribution in [0, 0.1) is 5.82 Å². The van der Waals surface area contributed by atoms with Crippen LogP contribution in [0.2, 0.25) is 0 Å². The van der Waals surface area contributed by atoms with Gasteiger partial charge in [-0.2, -0.15) is 4.37 Å². The van der Waals surface area contributed by atoms with Crippen LogP contribution in [0.3, 0.4) is 0 Å². The molecule has 10 nitrogen and oxygen atoms in total. The fraction of sp³-hybridized carbons (Fsp3) is 0.308. The lowest BCUT2D eigenvalue weighted by atomic mass is 10.0. The third kappa shape index (κ3) is 5.40. The Hall–Kier alpha value is -4.19. The maximum absolute atomic E-state index is 14.2. The molecule has 0 unspecified atom stereocenters. The van der Waals surface area contributed by atoms with Crippen molar-refractivity contribution >= 4 is 40.6 Å². The highest BCUT2D eigenvalue weighted by molar-refractivity contribution is 7.09. The summed E-state index contributed by atoms with van der Waals surface area (Å²) in [5, 5.41) is 3.04. The number of primary amides is 1. The van der Waals surface area contributed by atoms with E-state index in [0.29, 0.717) is 22.8 Å². The summed E-state index contributed by atoms with van der Waals surface area (Å²) in [6, 6.07) is 8.75. The number of aromatic nitrogens is 1. The van der Waals surface area contributed by atoms with Crippen molar-refractivity contribution in [2.75, 3.05) is 24.9 Å². The van der Waals surface area contributed by atoms with E-state index in [1.807, 2.05) is 0 Å². The van der Waals surface area contributed by atoms with Crippen molar-refractivity contribution in [2.24, 2.45) is 5.73 Å². The van der Waals surface area contributed by atoms with E-state index in [-0.39, 0.29) is 33.7 Å². The van der Waals surface area contributed by atoms with Gasteiger partial charge in [0.1, 0.15) is 28.2 Å². The molecule has 0 spiro atoms. The van der Waals surface area contributed by atoms with Crippen LogP contribution in [0.5, 0.6) is 11.5 Å². The summed E-state index contributed by atoms with van der Waals surface area (Å²) < 4.78 is 28.7. The van der Waals surface area contributed by atoms with E-state index in [2.05, 4.69) is 9.69 Å². The Bertz CT molecular complexity index is 1340. The van der Waals surface area contributed by atoms with E-state index < -0.39 is 29.6 Å². The molecule has 0 radical (unpaired) electrons. The standard InChI is InChI=1S/C26H28FN5O5S/c1-36-17-11-12-18(19(13-17)37-2)32(26(35)23-20(28)21(24(29)33)31-38-23)22(14-7-9-15(27)10-8-14)25(34)30-16-5-3-4-6-16/h7-13,16,22H,3-6,28H2,1-2H3,(H2,29,33)(H,30,34)/t22-/m0/s1. The van der Waals surface area contributed by atoms with E-state index in [0.717, 1.165) is 25.7 Å². The minimum atomic E-state index is -1.25. The molecule has 3 amide bonds. The van der Waals surface area contributed by atoms with Gasteiger partial charge in [0, 0.05) is 12.1 Å². The molecule has 1 saturated carbocycles. The summed E-state index contributed by atoms with van der Waals surface area (Å²) in [5.41, 5.74) is 11.6. The summed E-state index contributed by atoms with van der Waals surface area (Å²) in [5.74, 6) is -1.88. The van der Waals surface area contributed by atoms with Gasteiger partial charge >= 0.3 is 0 Å². The van der Waals surface area contributed by atoms with Crippen LogP contribution in [0.15, 0.2) is 42.5 Å². The molecular formula is C26H28FN5O5S. The SMILES string of the molecule is COc1ccc(N(C(=O)c2snc(C(N)=O)c2N)[C@H](C(=O)NC2CCCC2)c2ccc(F)cc2)c(OC)c1. The Labute approximate surface area is 222 Å². The van der Waals surface area contributed by atoms with Gasteiger partial charge in [0.25, 0.3) is 11.8 Å². The van der Waals surface area contributed by atoms with Gasteiger partial charge in [-0.1, -0.05) is 25.0 Å². The number of halogens is 1. The van der Waals surface area contributed by atoms with Crippen molar-refractivity contribution < 1.29 is 28.2 Å². The van der Waals surface area contributed by atoms with Crippen molar-refractivity contribution in [1.82, 2.24) is 9.69 Å². The van der Waals surface area contributed by atoms with Crippen LogP contribution in [0.1, 0.15) is 57.4 Å². The Kier molecular flexibility index (Phi) is 8.10. The normalized spacial score (nSPS) is 14.1. The second kappa shape index (κ2) is 11.5. The van der Waals surface area contributed by atoms with Gasteiger partial charge in [0.2, 0.25) is 5.91 Å². The van der Waals surface area contributed by atoms with Gasteiger partial charge in [0.05, 0.1) is 25.6 Å². The number of amides is 3. The Morgan fingerprint density at radius 2 is 1.79 bits per heavy atom. The van der Waals surface area contributed by atoms with E-state index in [1.54, 1.807) is 18.2 Å². The molecule has 4 rings (SSSR count). The summed E-state index contributed by atoms with van der Waals surface area (Å²) in [4.78, 5) is 41.0. The Morgan fingerprint density at radius 1 is 1.11 bits per heavy atom. The Morgan fingerprint density at radius 3 is 2.37 bits per heavy atom. The lowest BCUT2D eigenvalue weighted by molar-refractivity contribution is -0.123. The molecule has 1 atom stereocenters. The first kappa shape index (κ1) is 26.9. The van der Waals surface area contributed by atoms with E-state index in [9.17, 15) is 18.8 Å². The van der Waals surface area contributed by atoms with Crippen LogP contribution < -0.4 is 31.2 Å². The average molecular weight is 542 g/mol. The highest BCUT2D eigenvalue weighted by atomic mass is 32.1. The summed E-state index contributed by atoms with van der Waals surface area (Å²) >= 11 is 0.692. The van der Waals surface area contributed by atoms with Crippen LogP contribution in [0.4, 0.5) is 15.8 Å². The molecule has 1 aromatic heterocycles. The number of carbonyl (C=O) groups is 3. The van der Waals surface area contributed by atoms with E-state index in [1.165, 1.54) is 43.4 Å². The number of nitrogen functional groups attached to an aromatic ring is 1. The molecule has 38 heavy (non-hydrogen) atoms. The van der Waals surface area contributed by atoms with Crippen molar-refractivity contribution in [1.29, 1.82) is 0 Å². The van der Waals surface area contributed by atoms with Crippen LogP contribution in [-0.4, -0.2) is 42.4 Å². The molecule has 12 heteroatoms. The first-order valence-corrected chi connectivity index (χ1v) is 12.7. The maximum atomic E-state index is 14.2. The van der Waals surface area contributed by atoms with Crippen molar-refractivity contribution in [3.63, 3.8) is 0 Å². The minimum Gasteiger partial charge on any atom is -0.497 e. The number of carbonyl (C=O) groups excluding carboxylic acids is 3. The number of nitrogens with two attached hydrogens (primary N) is 2. The van der Waals surface area contributed by atoms with E-state index in [4.69, 9.17) is 20.9 Å². The fourth-order valence-electron chi connectivity index (χ4n) is 4.50. The maximum Gasteiger partial charge on any atom is 0.273 e. The van der Waals surface area contributed by atoms with Crippen LogP contribution in [-0.2, 0) is 4.79 Å². The highest BCUT2D eigenvalue weighted by Gasteiger charge is 2.38. The number of rotatable bonds is 9. The third-order valence-electron chi connectivity index (χ3n) is 6.41. The number of nitrogens with one attached hydrogen (secondary N) is 1. The Balaban J connectivity index is 1.91. The quantitative estimate of drug-likeness (QED) is 0.376. The van der Waals surface area contributed by atoms with Gasteiger partial charge in [-0.15, -0.1) is 0 Å². The first-order valence-electron chi connectivity index (χ1n) is 11.9. The lowest BCUT2D eigenvalue weighted by Crippen LogP contribution is -2.46. The molecule has 3 aromatic rings. The lowest BCUT2D eigenvalue weighted by Gasteiger charge is -2.33. The molecule has 1 aliphatic carbocycles. The number of ether oxygens (including phenoxy) is 2. The van der Waals surface area contributed by atoms with Gasteiger partial charge in [-0.05, 0) is 54.2 Å². The topological polar surface area (TPSA) is 150 Å². The smallest absolute Gasteiger partial charge is 0.273 e. The molecule has 0 aliphatic heterocycles. The molecule has 0 bridgehead atoms. The number of benzene rings is 2. The average Bonchev–Trinajstić information content (AvgIpc) is 3.56. The van der Waals surface area contributed by atoms with Crippen molar-refractivity contribution in [2.45, 2.75) is 37.8 Å². The molecule has 1 heterocycles. The number of methoxy groups -OCH3 is 2. The second-order valence-electron chi connectivity index (χ2n) is 8.80. The first-order chi connectivity index (χ1) is 18.2. The number of anilines is 2. The molecule has 1 fully saturated rings. The molecule has 0 saturated heterocycles. The zero-order valence-corrected chi connectivity index (χ0v) is 21.7. The zero-order chi connectivity index (χ0) is 27.4. The largest absolute Gasteiger partial charge is 0.497 e. The monoisotopic (exact) mass is 541 g/mol. The second-order valence-corrected chi connectivity index (χ2v) is 9.57. The number of hydrogen-bond acceptors (Lipinski definition) is 8. The predicted octanol–water partition coefficient (Wildman–Crippen LogP) is 3.43. The van der Waals surface area contributed by atoms with Gasteiger partial charge in [-0.3, -0.25) is 19.3 Å². The predicted molar refractivity (Wildman–Crippen MR) is 141 cm³/mol. The molecule has 200 valence electrons. The number of nitrogens with zero attached hydrogens (tertiary/aromatic N) is 2. The zero-order valence-electron chi connectivity index (χ0n) is 20.9. The van der Waals surface area contributed by atoms with Crippen molar-refractivity contribution in [3.05, 3.63) is 64.4 Å². The molecule has 2 aromatic carbocycles. The van der Waals surface area contributed by atoms with E-state index >= 15 is 0 Å². The molecular weight excluding hydrogens is 513 g/mol. The molecule has 5 N–H and O–H groups in total. The fourth-order valence-corrected chi connectivity index (χ4v) is 5.24. The van der Waals surface area contributed by atoms with Crippen molar-refractivity contribution in [3.8, 4) is 11.5 Å². The summed E-state index contributed by atoms with van der Waals surface area (Å²) in [7, 11) is 2.90. The minimum absolute atomic E-state index is 0.0601. The van der Waals surface area contributed by atoms with Gasteiger partial charge in [-0.25, -0.2) is 4.39 Å².